The number of anilines is 1. The van der Waals surface area contributed by atoms with E-state index in [0.29, 0.717) is 31.4 Å². The predicted octanol–water partition coefficient (Wildman–Crippen LogP) is 3.05. The van der Waals surface area contributed by atoms with Gasteiger partial charge in [0.2, 0.25) is 29.9 Å². The number of methoxy groups -OCH3 is 2. The molecule has 2 aliphatic rings. The van der Waals surface area contributed by atoms with Crippen molar-refractivity contribution >= 4 is 48.9 Å². The number of carbonyl (C=O) groups excluding carboxylic acids is 5. The van der Waals surface area contributed by atoms with Crippen molar-refractivity contribution in [2.24, 2.45) is 23.7 Å². The lowest BCUT2D eigenvalue weighted by atomic mass is 9.89. The van der Waals surface area contributed by atoms with Crippen molar-refractivity contribution in [3.05, 3.63) is 59.7 Å². The second kappa shape index (κ2) is 31.8. The Hall–Kier alpha value is -5.91. The van der Waals surface area contributed by atoms with Crippen LogP contribution in [0.2, 0.25) is 0 Å². The SMILES string of the molecule is C#CP(=O)(Nc1cc(COC(=O)N(C)[C@@H](C(=O)N[C@@H](C(=O)N(C)[C@H]([C@H](C)CC)[C@H](CC(=O)N2CCC[C@@H]2[C@@H](OC)[C@H](C)C(=O)N[C@@H](C)[C@H](O)c2ccccc2)OC)C(C)C)C(C)C)ccc1O[C@@H]1OC(C(=O)O)[C@H](O)C(O)C1O)OCCO. The average molecular weight is 1190 g/mol. The molecule has 9 N–H and O–H groups in total. The van der Waals surface area contributed by atoms with Gasteiger partial charge in [0.05, 0.1) is 67.7 Å². The summed E-state index contributed by atoms with van der Waals surface area (Å²) in [6.07, 6.45) is -6.15. The Bertz CT molecular complexity index is 2570. The molecule has 25 nitrogen and oxygen atoms in total. The van der Waals surface area contributed by atoms with Crippen molar-refractivity contribution < 1.29 is 92.2 Å². The van der Waals surface area contributed by atoms with Gasteiger partial charge in [-0.25, -0.2) is 9.59 Å². The number of ether oxygens (including phenoxy) is 5. The molecule has 2 aromatic rings. The van der Waals surface area contributed by atoms with E-state index in [9.17, 15) is 64.0 Å². The van der Waals surface area contributed by atoms with Crippen LogP contribution in [0.1, 0.15) is 98.3 Å². The molecule has 0 saturated carbocycles. The number of benzene rings is 2. The Kier molecular flexibility index (Phi) is 26.7. The summed E-state index contributed by atoms with van der Waals surface area (Å²) < 4.78 is 47.3. The van der Waals surface area contributed by atoms with Crippen LogP contribution in [0.5, 0.6) is 5.75 Å². The van der Waals surface area contributed by atoms with E-state index in [1.165, 1.54) is 44.4 Å². The molecule has 0 spiro atoms. The second-order valence-electron chi connectivity index (χ2n) is 21.9. The van der Waals surface area contributed by atoms with E-state index < -0.39 is 148 Å². The molecule has 4 rings (SSSR count). The van der Waals surface area contributed by atoms with Gasteiger partial charge in [0.15, 0.2) is 6.10 Å². The predicted molar refractivity (Wildman–Crippen MR) is 303 cm³/mol. The minimum Gasteiger partial charge on any atom is -0.479 e. The van der Waals surface area contributed by atoms with Gasteiger partial charge < -0.3 is 84.4 Å². The molecule has 5 amide bonds. The summed E-state index contributed by atoms with van der Waals surface area (Å²) in [6, 6.07) is 8.79. The average Bonchev–Trinajstić information content (AvgIpc) is 4.14. The van der Waals surface area contributed by atoms with Crippen LogP contribution >= 0.6 is 7.52 Å². The number of aliphatic hydroxyl groups is 5. The van der Waals surface area contributed by atoms with Crippen LogP contribution < -0.4 is 20.5 Å². The molecule has 2 heterocycles. The lowest BCUT2D eigenvalue weighted by Crippen LogP contribution is -2.61. The van der Waals surface area contributed by atoms with E-state index in [0.717, 1.165) is 4.90 Å². The molecule has 2 saturated heterocycles. The highest BCUT2D eigenvalue weighted by molar-refractivity contribution is 7.65. The van der Waals surface area contributed by atoms with Gasteiger partial charge in [-0.05, 0) is 60.8 Å². The van der Waals surface area contributed by atoms with Gasteiger partial charge in [0.25, 0.3) is 0 Å². The van der Waals surface area contributed by atoms with Gasteiger partial charge in [0.1, 0.15) is 42.8 Å². The molecule has 0 bridgehead atoms. The fraction of sp³-hybridized carbons (Fsp3) is 0.649. The first-order valence-electron chi connectivity index (χ1n) is 27.8. The summed E-state index contributed by atoms with van der Waals surface area (Å²) in [6.45, 7) is 13.1. The molecule has 0 aliphatic carbocycles. The number of hydrogen-bond acceptors (Lipinski definition) is 18. The van der Waals surface area contributed by atoms with Crippen LogP contribution in [-0.2, 0) is 58.6 Å². The molecule has 464 valence electrons. The Morgan fingerprint density at radius 2 is 1.55 bits per heavy atom. The molecule has 2 fully saturated rings. The number of aliphatic hydroxyl groups excluding tert-OH is 5. The molecule has 0 radical (unpaired) electrons. The zero-order valence-electron chi connectivity index (χ0n) is 49.4. The van der Waals surface area contributed by atoms with Crippen LogP contribution in [0.15, 0.2) is 48.5 Å². The number of carbonyl (C=O) groups is 6. The number of carboxylic acids is 1. The van der Waals surface area contributed by atoms with E-state index in [2.05, 4.69) is 15.7 Å². The number of amides is 5. The summed E-state index contributed by atoms with van der Waals surface area (Å²) in [5.74, 6) is -5.63. The van der Waals surface area contributed by atoms with Crippen LogP contribution in [-0.4, -0.2) is 202 Å². The lowest BCUT2D eigenvalue weighted by Gasteiger charge is -2.41. The number of nitrogens with zero attached hydrogens (tertiary/aromatic N) is 3. The summed E-state index contributed by atoms with van der Waals surface area (Å²) in [5, 5.41) is 69.3. The van der Waals surface area contributed by atoms with Crippen LogP contribution in [0.25, 0.3) is 0 Å². The number of carboxylic acid groups (broad SMARTS) is 1. The van der Waals surface area contributed by atoms with Crippen LogP contribution in [0, 0.1) is 35.8 Å². The highest BCUT2D eigenvalue weighted by Gasteiger charge is 2.49. The third-order valence-electron chi connectivity index (χ3n) is 15.3. The molecule has 83 heavy (non-hydrogen) atoms. The first-order valence-corrected chi connectivity index (χ1v) is 29.4. The summed E-state index contributed by atoms with van der Waals surface area (Å²) in [4.78, 5) is 87.2. The molecule has 4 unspecified atom stereocenters. The number of nitrogens with one attached hydrogen (secondary N) is 3. The third kappa shape index (κ3) is 17.8. The number of terminal acetylenes is 1. The maximum absolute atomic E-state index is 14.8. The topological polar surface area (TPSA) is 342 Å². The minimum atomic E-state index is -4.26. The fourth-order valence-electron chi connectivity index (χ4n) is 10.5. The monoisotopic (exact) mass is 1190 g/mol. The van der Waals surface area contributed by atoms with Crippen LogP contribution in [0.3, 0.4) is 0 Å². The molecule has 26 heteroatoms. The fourth-order valence-corrected chi connectivity index (χ4v) is 11.5. The van der Waals surface area contributed by atoms with Crippen molar-refractivity contribution in [3.63, 3.8) is 0 Å². The molecule has 16 atom stereocenters. The number of hydrogen-bond donors (Lipinski definition) is 9. The molecular weight excluding hydrogens is 1100 g/mol. The van der Waals surface area contributed by atoms with E-state index in [1.54, 1.807) is 77.8 Å². The van der Waals surface area contributed by atoms with Crippen LogP contribution in [0.4, 0.5) is 10.5 Å². The Balaban J connectivity index is 1.50. The number of rotatable bonds is 30. The summed E-state index contributed by atoms with van der Waals surface area (Å²) in [5.41, 5.74) is 2.61. The molecule has 2 aliphatic heterocycles. The second-order valence-corrected chi connectivity index (χ2v) is 23.7. The first kappa shape index (κ1) is 69.6. The number of likely N-dealkylation sites (tertiary alicyclic amines) is 1. The van der Waals surface area contributed by atoms with Crippen molar-refractivity contribution in [3.8, 4) is 17.8 Å². The quantitative estimate of drug-likeness (QED) is 0.0401. The zero-order chi connectivity index (χ0) is 62.2. The summed E-state index contributed by atoms with van der Waals surface area (Å²) >= 11 is 0. The Morgan fingerprint density at radius 1 is 0.892 bits per heavy atom. The maximum Gasteiger partial charge on any atom is 0.410 e. The smallest absolute Gasteiger partial charge is 0.410 e. The molecular formula is C57H87N6O19P. The number of aliphatic carboxylic acids is 1. The first-order chi connectivity index (χ1) is 39.1. The van der Waals surface area contributed by atoms with Crippen molar-refractivity contribution in [2.75, 3.05) is 53.2 Å². The summed E-state index contributed by atoms with van der Waals surface area (Å²) in [7, 11) is 1.65. The standard InChI is InChI=1S/C57H87N6O19P/c1-14-33(7)45(41(77-12)29-42(65)63-25-19-22-39(63)50(78-13)34(8)52(70)58-35(9)46(66)37-20-17-16-18-21-37)61(10)54(72)43(31(3)4)59-53(71)44(32(5)6)62(11)57(75)79-30-36-23-24-40(38(28-36)60-83(76,15-2)80-27-26-64)81-56-49(69)47(67)48(68)51(82-56)55(73)74/h2,16-18,20-21,23-24,28,31-35,39,41,43-51,56,64,66-69H,14,19,22,25-27,29-30H2,1,3-13H3,(H,58,70)(H,59,71)(H,60,76)(H,73,74)/t33-,34+,35+,39-,41+,43-,44-,45-,46+,47?,48-,49?,50+,51?,56-,83?/m1/s1. The van der Waals surface area contributed by atoms with Gasteiger partial charge in [-0.15, -0.1) is 6.42 Å². The van der Waals surface area contributed by atoms with Gasteiger partial charge in [0, 0.05) is 40.5 Å². The van der Waals surface area contributed by atoms with Gasteiger partial charge in [-0.3, -0.25) is 28.6 Å². The lowest BCUT2D eigenvalue weighted by molar-refractivity contribution is -0.271. The largest absolute Gasteiger partial charge is 0.479 e. The van der Waals surface area contributed by atoms with E-state index in [1.807, 2.05) is 25.6 Å². The molecule has 0 aromatic heterocycles. The van der Waals surface area contributed by atoms with Gasteiger partial charge in [-0.2, -0.15) is 0 Å². The zero-order valence-corrected chi connectivity index (χ0v) is 50.3. The highest BCUT2D eigenvalue weighted by atomic mass is 31.2. The van der Waals surface area contributed by atoms with Gasteiger partial charge in [-0.1, -0.05) is 91.3 Å². The minimum absolute atomic E-state index is 0.121. The van der Waals surface area contributed by atoms with Crippen molar-refractivity contribution in [1.82, 2.24) is 25.3 Å². The Morgan fingerprint density at radius 3 is 2.12 bits per heavy atom. The van der Waals surface area contributed by atoms with Gasteiger partial charge >= 0.3 is 19.6 Å². The molecule has 2 aromatic carbocycles. The number of likely N-dealkylation sites (N-methyl/N-ethyl adjacent to an activating group) is 2. The maximum atomic E-state index is 14.8. The Labute approximate surface area is 486 Å². The van der Waals surface area contributed by atoms with E-state index in [-0.39, 0.29) is 41.2 Å². The van der Waals surface area contributed by atoms with E-state index in [4.69, 9.17) is 34.6 Å². The highest BCUT2D eigenvalue weighted by Crippen LogP contribution is 2.48. The van der Waals surface area contributed by atoms with Crippen molar-refractivity contribution in [1.29, 1.82) is 0 Å². The normalized spacial score (nSPS) is 22.9. The van der Waals surface area contributed by atoms with E-state index >= 15 is 0 Å². The third-order valence-corrected chi connectivity index (χ3v) is 16.8. The van der Waals surface area contributed by atoms with Crippen molar-refractivity contribution in [2.45, 2.75) is 167 Å².